The Hall–Kier alpha value is -1.27. The number of alkyl halides is 3. The van der Waals surface area contributed by atoms with Crippen LogP contribution in [0.4, 0.5) is 13.2 Å². The number of likely N-dealkylation sites (N-methyl/N-ethyl adjacent to an activating group) is 1. The molecule has 0 spiro atoms. The number of rotatable bonds is 6. The van der Waals surface area contributed by atoms with Crippen LogP contribution < -0.4 is 15.8 Å². The molecule has 1 heterocycles. The van der Waals surface area contributed by atoms with E-state index in [-0.39, 0.29) is 36.3 Å². The van der Waals surface area contributed by atoms with Crippen molar-refractivity contribution in [2.75, 3.05) is 39.8 Å². The molecule has 2 rings (SSSR count). The van der Waals surface area contributed by atoms with Crippen LogP contribution in [-0.4, -0.2) is 67.9 Å². The van der Waals surface area contributed by atoms with E-state index in [0.717, 1.165) is 31.7 Å². The zero-order valence-electron chi connectivity index (χ0n) is 15.5. The molecule has 1 unspecified atom stereocenters. The number of piperazine rings is 1. The first-order chi connectivity index (χ1) is 12.2. The van der Waals surface area contributed by atoms with Gasteiger partial charge in [0.05, 0.1) is 6.54 Å². The maximum Gasteiger partial charge on any atom is 0.573 e. The Morgan fingerprint density at radius 3 is 2.37 bits per heavy atom. The third-order valence-corrected chi connectivity index (χ3v) is 4.33. The van der Waals surface area contributed by atoms with Crippen LogP contribution in [0.15, 0.2) is 29.3 Å². The molecular formula is C17H27F3IN5O. The first-order valence-corrected chi connectivity index (χ1v) is 8.54. The highest BCUT2D eigenvalue weighted by Crippen LogP contribution is 2.22. The van der Waals surface area contributed by atoms with Gasteiger partial charge in [0.15, 0.2) is 5.96 Å². The number of hydrogen-bond donors (Lipinski definition) is 2. The average molecular weight is 501 g/mol. The fourth-order valence-corrected chi connectivity index (χ4v) is 2.67. The Bertz CT molecular complexity index is 589. The molecule has 1 saturated heterocycles. The van der Waals surface area contributed by atoms with Gasteiger partial charge in [-0.2, -0.15) is 0 Å². The van der Waals surface area contributed by atoms with Crippen molar-refractivity contribution >= 4 is 29.9 Å². The lowest BCUT2D eigenvalue weighted by atomic mass is 10.2. The third-order valence-electron chi connectivity index (χ3n) is 4.33. The van der Waals surface area contributed by atoms with Crippen molar-refractivity contribution in [1.82, 2.24) is 15.1 Å². The average Bonchev–Trinajstić information content (AvgIpc) is 2.58. The molecule has 0 aliphatic carbocycles. The molecule has 10 heteroatoms. The number of nitrogens with zero attached hydrogens (tertiary/aromatic N) is 3. The van der Waals surface area contributed by atoms with E-state index < -0.39 is 6.36 Å². The first kappa shape index (κ1) is 23.8. The molecular weight excluding hydrogens is 474 g/mol. The van der Waals surface area contributed by atoms with Crippen LogP contribution in [0.25, 0.3) is 0 Å². The van der Waals surface area contributed by atoms with Gasteiger partial charge in [0.1, 0.15) is 5.75 Å². The van der Waals surface area contributed by atoms with Crippen molar-refractivity contribution in [1.29, 1.82) is 0 Å². The van der Waals surface area contributed by atoms with Gasteiger partial charge in [-0.25, -0.2) is 4.99 Å². The summed E-state index contributed by atoms with van der Waals surface area (Å²) in [5.74, 6) is 0.0684. The highest BCUT2D eigenvalue weighted by Gasteiger charge is 2.30. The number of nitrogens with one attached hydrogen (secondary N) is 1. The Balaban J connectivity index is 0.00000364. The number of hydrogen-bond acceptors (Lipinski definition) is 4. The molecule has 0 saturated carbocycles. The van der Waals surface area contributed by atoms with E-state index in [1.807, 2.05) is 0 Å². The van der Waals surface area contributed by atoms with Crippen LogP contribution in [-0.2, 0) is 6.54 Å². The summed E-state index contributed by atoms with van der Waals surface area (Å²) in [4.78, 5) is 8.93. The molecule has 1 aliphatic heterocycles. The van der Waals surface area contributed by atoms with Gasteiger partial charge in [0, 0.05) is 38.8 Å². The molecule has 0 radical (unpaired) electrons. The van der Waals surface area contributed by atoms with Crippen LogP contribution in [0.2, 0.25) is 0 Å². The molecule has 0 bridgehead atoms. The number of nitrogens with two attached hydrogens (primary N) is 1. The van der Waals surface area contributed by atoms with Crippen LogP contribution in [0.1, 0.15) is 12.5 Å². The van der Waals surface area contributed by atoms with Gasteiger partial charge in [-0.05, 0) is 31.7 Å². The summed E-state index contributed by atoms with van der Waals surface area (Å²) < 4.78 is 40.2. The lowest BCUT2D eigenvalue weighted by Gasteiger charge is -2.36. The fourth-order valence-electron chi connectivity index (χ4n) is 2.67. The Labute approximate surface area is 174 Å². The lowest BCUT2D eigenvalue weighted by molar-refractivity contribution is -0.274. The van der Waals surface area contributed by atoms with Gasteiger partial charge in [-0.15, -0.1) is 37.1 Å². The summed E-state index contributed by atoms with van der Waals surface area (Å²) in [6.45, 7) is 7.30. The number of aliphatic imine (C=N–C) groups is 1. The summed E-state index contributed by atoms with van der Waals surface area (Å²) in [7, 11) is 2.12. The number of guanidine groups is 1. The highest BCUT2D eigenvalue weighted by molar-refractivity contribution is 14.0. The lowest BCUT2D eigenvalue weighted by Crippen LogP contribution is -2.51. The number of halogens is 4. The van der Waals surface area contributed by atoms with Crippen LogP contribution in [0.3, 0.4) is 0 Å². The zero-order chi connectivity index (χ0) is 19.2. The van der Waals surface area contributed by atoms with Crippen LogP contribution in [0, 0.1) is 0 Å². The second-order valence-electron chi connectivity index (χ2n) is 6.46. The number of ether oxygens (including phenoxy) is 1. The molecule has 3 N–H and O–H groups in total. The Kier molecular flexibility index (Phi) is 9.60. The molecule has 1 atom stereocenters. The van der Waals surface area contributed by atoms with E-state index in [9.17, 15) is 13.2 Å². The van der Waals surface area contributed by atoms with Crippen molar-refractivity contribution in [2.45, 2.75) is 25.9 Å². The molecule has 1 aromatic rings. The largest absolute Gasteiger partial charge is 0.573 e. The van der Waals surface area contributed by atoms with E-state index in [2.05, 4.69) is 38.8 Å². The summed E-state index contributed by atoms with van der Waals surface area (Å²) in [5.41, 5.74) is 6.62. The summed E-state index contributed by atoms with van der Waals surface area (Å²) in [6, 6.07) is 5.93. The molecule has 1 fully saturated rings. The molecule has 1 aliphatic rings. The van der Waals surface area contributed by atoms with Crippen molar-refractivity contribution in [3.8, 4) is 5.75 Å². The zero-order valence-corrected chi connectivity index (χ0v) is 17.8. The molecule has 154 valence electrons. The van der Waals surface area contributed by atoms with Crippen molar-refractivity contribution < 1.29 is 17.9 Å². The van der Waals surface area contributed by atoms with Gasteiger partial charge in [-0.1, -0.05) is 12.1 Å². The van der Waals surface area contributed by atoms with Crippen molar-refractivity contribution in [3.63, 3.8) is 0 Å². The molecule has 6 nitrogen and oxygen atoms in total. The SMILES string of the molecule is CC(CNC(N)=NCc1ccc(OC(F)(F)F)cc1)N1CCN(C)CC1.I. The van der Waals surface area contributed by atoms with Gasteiger partial charge in [0.25, 0.3) is 0 Å². The molecule has 27 heavy (non-hydrogen) atoms. The van der Waals surface area contributed by atoms with Gasteiger partial charge in [0.2, 0.25) is 0 Å². The van der Waals surface area contributed by atoms with E-state index in [0.29, 0.717) is 18.5 Å². The first-order valence-electron chi connectivity index (χ1n) is 8.54. The van der Waals surface area contributed by atoms with E-state index in [1.54, 1.807) is 0 Å². The monoisotopic (exact) mass is 501 g/mol. The predicted molar refractivity (Wildman–Crippen MR) is 110 cm³/mol. The molecule has 0 aromatic heterocycles. The van der Waals surface area contributed by atoms with Gasteiger partial charge < -0.3 is 20.7 Å². The smallest absolute Gasteiger partial charge is 0.406 e. The maximum absolute atomic E-state index is 12.1. The van der Waals surface area contributed by atoms with Gasteiger partial charge >= 0.3 is 6.36 Å². The topological polar surface area (TPSA) is 66.1 Å². The third kappa shape index (κ3) is 8.98. The highest BCUT2D eigenvalue weighted by atomic mass is 127. The second-order valence-corrected chi connectivity index (χ2v) is 6.46. The summed E-state index contributed by atoms with van der Waals surface area (Å²) in [5, 5.41) is 3.10. The Morgan fingerprint density at radius 1 is 1.22 bits per heavy atom. The minimum atomic E-state index is -4.69. The minimum Gasteiger partial charge on any atom is -0.406 e. The standard InChI is InChI=1S/C17H26F3N5O.HI/c1-13(25-9-7-24(2)8-10-25)11-22-16(21)23-12-14-3-5-15(6-4-14)26-17(18,19)20;/h3-6,13H,7-12H2,1-2H3,(H3,21,22,23);1H. The predicted octanol–water partition coefficient (Wildman–Crippen LogP) is 2.24. The molecule has 1 aromatic carbocycles. The normalized spacial score (nSPS) is 17.9. The van der Waals surface area contributed by atoms with Crippen LogP contribution in [0.5, 0.6) is 5.75 Å². The van der Waals surface area contributed by atoms with Crippen LogP contribution >= 0.6 is 24.0 Å². The van der Waals surface area contributed by atoms with Gasteiger partial charge in [-0.3, -0.25) is 4.90 Å². The van der Waals surface area contributed by atoms with Crippen molar-refractivity contribution in [2.24, 2.45) is 10.7 Å². The maximum atomic E-state index is 12.1. The Morgan fingerprint density at radius 2 is 1.81 bits per heavy atom. The summed E-state index contributed by atoms with van der Waals surface area (Å²) in [6.07, 6.45) is -4.69. The van der Waals surface area contributed by atoms with E-state index in [4.69, 9.17) is 5.73 Å². The minimum absolute atomic E-state index is 0. The van der Waals surface area contributed by atoms with E-state index in [1.165, 1.54) is 24.3 Å². The quantitative estimate of drug-likeness (QED) is 0.356. The number of benzene rings is 1. The fraction of sp³-hybridized carbons (Fsp3) is 0.588. The summed E-state index contributed by atoms with van der Waals surface area (Å²) >= 11 is 0. The second kappa shape index (κ2) is 10.9. The van der Waals surface area contributed by atoms with Crippen molar-refractivity contribution in [3.05, 3.63) is 29.8 Å². The molecule has 0 amide bonds. The van der Waals surface area contributed by atoms with E-state index >= 15 is 0 Å².